The average molecular weight is 394 g/mol. The molecule has 0 radical (unpaired) electrons. The second kappa shape index (κ2) is 8.81. The predicted molar refractivity (Wildman–Crippen MR) is 108 cm³/mol. The third kappa shape index (κ3) is 4.96. The molecule has 0 spiro atoms. The van der Waals surface area contributed by atoms with E-state index in [0.29, 0.717) is 6.04 Å². The summed E-state index contributed by atoms with van der Waals surface area (Å²) in [4.78, 5) is 20.4. The van der Waals surface area contributed by atoms with E-state index in [4.69, 9.17) is 0 Å². The Morgan fingerprint density at radius 2 is 1.93 bits per heavy atom. The minimum Gasteiger partial charge on any atom is -0.376 e. The third-order valence-corrected chi connectivity index (χ3v) is 5.21. The minimum absolute atomic E-state index is 0.0529. The highest BCUT2D eigenvalue weighted by Crippen LogP contribution is 2.29. The molecular weight excluding hydrogens is 371 g/mol. The van der Waals surface area contributed by atoms with Gasteiger partial charge in [-0.25, -0.2) is 14.4 Å². The van der Waals surface area contributed by atoms with Crippen LogP contribution in [0, 0.1) is 5.82 Å². The van der Waals surface area contributed by atoms with Crippen LogP contribution in [0.15, 0.2) is 55.2 Å². The van der Waals surface area contributed by atoms with Crippen LogP contribution >= 0.6 is 0 Å². The predicted octanol–water partition coefficient (Wildman–Crippen LogP) is 3.19. The first-order valence-electron chi connectivity index (χ1n) is 9.77. The molecule has 3 aromatic rings. The van der Waals surface area contributed by atoms with Gasteiger partial charge in [-0.05, 0) is 56.0 Å². The van der Waals surface area contributed by atoms with Crippen LogP contribution in [-0.2, 0) is 4.79 Å². The van der Waals surface area contributed by atoms with Crippen LogP contribution in [0.25, 0.3) is 11.3 Å². The van der Waals surface area contributed by atoms with E-state index in [1.165, 1.54) is 18.5 Å². The monoisotopic (exact) mass is 394 g/mol. The molecule has 0 bridgehead atoms. The van der Waals surface area contributed by atoms with Gasteiger partial charge in [-0.1, -0.05) is 0 Å². The molecule has 1 aromatic carbocycles. The second-order valence-electron chi connectivity index (χ2n) is 7.24. The van der Waals surface area contributed by atoms with Gasteiger partial charge in [0.1, 0.15) is 12.1 Å². The van der Waals surface area contributed by atoms with Gasteiger partial charge in [0.15, 0.2) is 0 Å². The van der Waals surface area contributed by atoms with Crippen LogP contribution in [0.1, 0.15) is 31.7 Å². The number of nitrogens with zero attached hydrogens (tertiary/aromatic N) is 4. The van der Waals surface area contributed by atoms with E-state index in [9.17, 15) is 9.18 Å². The average Bonchev–Trinajstić information content (AvgIpc) is 3.25. The van der Waals surface area contributed by atoms with E-state index < -0.39 is 0 Å². The van der Waals surface area contributed by atoms with Gasteiger partial charge < -0.3 is 10.6 Å². The quantitative estimate of drug-likeness (QED) is 0.671. The summed E-state index contributed by atoms with van der Waals surface area (Å²) in [5.74, 6) is -0.346. The van der Waals surface area contributed by atoms with E-state index in [1.807, 2.05) is 23.1 Å². The number of rotatable bonds is 6. The number of aromatic nitrogens is 4. The summed E-state index contributed by atoms with van der Waals surface area (Å²) in [6, 6.07) is 8.34. The molecule has 29 heavy (non-hydrogen) atoms. The lowest BCUT2D eigenvalue weighted by molar-refractivity contribution is -0.120. The molecule has 0 atom stereocenters. The Kier molecular flexibility index (Phi) is 5.79. The van der Waals surface area contributed by atoms with Crippen molar-refractivity contribution in [3.8, 4) is 11.3 Å². The van der Waals surface area contributed by atoms with Crippen molar-refractivity contribution < 1.29 is 9.18 Å². The molecule has 0 unspecified atom stereocenters. The van der Waals surface area contributed by atoms with E-state index >= 15 is 0 Å². The summed E-state index contributed by atoms with van der Waals surface area (Å²) < 4.78 is 14.9. The van der Waals surface area contributed by atoms with Crippen molar-refractivity contribution in [3.63, 3.8) is 0 Å². The molecule has 2 heterocycles. The molecule has 0 aliphatic heterocycles. The topological polar surface area (TPSA) is 84.7 Å². The maximum absolute atomic E-state index is 12.9. The molecule has 7 nitrogen and oxygen atoms in total. The lowest BCUT2D eigenvalue weighted by Crippen LogP contribution is -2.40. The van der Waals surface area contributed by atoms with E-state index in [0.717, 1.165) is 42.6 Å². The van der Waals surface area contributed by atoms with Gasteiger partial charge in [0.25, 0.3) is 0 Å². The van der Waals surface area contributed by atoms with E-state index in [1.54, 1.807) is 18.3 Å². The van der Waals surface area contributed by atoms with Gasteiger partial charge in [0.05, 0.1) is 24.5 Å². The van der Waals surface area contributed by atoms with Crippen molar-refractivity contribution in [3.05, 3.63) is 61.1 Å². The molecule has 1 aliphatic carbocycles. The molecule has 1 aliphatic rings. The highest BCUT2D eigenvalue weighted by Gasteiger charge is 2.24. The van der Waals surface area contributed by atoms with Crippen molar-refractivity contribution in [2.24, 2.45) is 0 Å². The first-order chi connectivity index (χ1) is 14.2. The summed E-state index contributed by atoms with van der Waals surface area (Å²) in [5.41, 5.74) is 2.57. The molecule has 8 heteroatoms. The Morgan fingerprint density at radius 3 is 2.66 bits per heavy atom. The molecule has 1 saturated carbocycles. The summed E-state index contributed by atoms with van der Waals surface area (Å²) in [6.07, 6.45) is 10.9. The van der Waals surface area contributed by atoms with Gasteiger partial charge in [-0.2, -0.15) is 5.10 Å². The Morgan fingerprint density at radius 1 is 1.14 bits per heavy atom. The lowest BCUT2D eigenvalue weighted by Gasteiger charge is -2.29. The Labute approximate surface area is 168 Å². The zero-order chi connectivity index (χ0) is 20.1. The summed E-state index contributed by atoms with van der Waals surface area (Å²) >= 11 is 0. The Balaban J connectivity index is 1.24. The Bertz CT molecular complexity index is 935. The van der Waals surface area contributed by atoms with Gasteiger partial charge in [-0.3, -0.25) is 9.48 Å². The van der Waals surface area contributed by atoms with Crippen LogP contribution in [0.4, 0.5) is 10.1 Å². The number of hydrogen-bond donors (Lipinski definition) is 2. The van der Waals surface area contributed by atoms with Crippen LogP contribution in [-0.4, -0.2) is 38.2 Å². The maximum Gasteiger partial charge on any atom is 0.239 e. The van der Waals surface area contributed by atoms with Crippen LogP contribution in [0.3, 0.4) is 0 Å². The number of anilines is 1. The molecule has 2 N–H and O–H groups in total. The third-order valence-electron chi connectivity index (χ3n) is 5.21. The zero-order valence-corrected chi connectivity index (χ0v) is 16.0. The number of carbonyl (C=O) groups excluding carboxylic acids is 1. The smallest absolute Gasteiger partial charge is 0.239 e. The number of benzene rings is 1. The molecule has 2 aromatic heterocycles. The maximum atomic E-state index is 12.9. The van der Waals surface area contributed by atoms with Gasteiger partial charge in [0.2, 0.25) is 5.91 Å². The summed E-state index contributed by atoms with van der Waals surface area (Å²) in [5, 5.41) is 10.6. The largest absolute Gasteiger partial charge is 0.376 e. The Hall–Kier alpha value is -3.29. The summed E-state index contributed by atoms with van der Waals surface area (Å²) in [6.45, 7) is 0.174. The van der Waals surface area contributed by atoms with Gasteiger partial charge >= 0.3 is 0 Å². The second-order valence-corrected chi connectivity index (χ2v) is 7.24. The molecule has 1 amide bonds. The van der Waals surface area contributed by atoms with Crippen LogP contribution in [0.5, 0.6) is 0 Å². The molecule has 1 fully saturated rings. The van der Waals surface area contributed by atoms with Crippen LogP contribution < -0.4 is 10.6 Å². The van der Waals surface area contributed by atoms with Crippen molar-refractivity contribution in [2.75, 3.05) is 11.9 Å². The first-order valence-corrected chi connectivity index (χ1v) is 9.77. The first kappa shape index (κ1) is 19.0. The zero-order valence-electron chi connectivity index (χ0n) is 16.0. The number of carbonyl (C=O) groups is 1. The number of hydrogen-bond acceptors (Lipinski definition) is 5. The highest BCUT2D eigenvalue weighted by molar-refractivity contribution is 5.80. The van der Waals surface area contributed by atoms with Gasteiger partial charge in [-0.15, -0.1) is 0 Å². The molecular formula is C21H23FN6O. The fourth-order valence-corrected chi connectivity index (χ4v) is 3.64. The van der Waals surface area contributed by atoms with Crippen LogP contribution in [0.2, 0.25) is 0 Å². The fraction of sp³-hybridized carbons (Fsp3) is 0.333. The van der Waals surface area contributed by atoms with E-state index in [-0.39, 0.29) is 24.3 Å². The molecule has 4 rings (SSSR count). The fourth-order valence-electron chi connectivity index (χ4n) is 3.64. The lowest BCUT2D eigenvalue weighted by atomic mass is 9.91. The van der Waals surface area contributed by atoms with E-state index in [2.05, 4.69) is 25.7 Å². The normalized spacial score (nSPS) is 18.9. The molecule has 0 saturated heterocycles. The van der Waals surface area contributed by atoms with Crippen molar-refractivity contribution in [1.82, 2.24) is 25.1 Å². The number of halogens is 1. The molecule has 150 valence electrons. The summed E-state index contributed by atoms with van der Waals surface area (Å²) in [7, 11) is 0. The standard InChI is InChI=1S/C21H23FN6O/c22-16-1-3-17(4-2-16)24-12-21(29)27-18-5-7-19(8-6-18)28-13-15(11-26-28)20-9-10-23-14-25-20/h1-4,9-11,13-14,18-19,24H,5-8,12H2,(H,27,29). The van der Waals surface area contributed by atoms with Gasteiger partial charge in [0, 0.05) is 29.7 Å². The SMILES string of the molecule is O=C(CNc1ccc(F)cc1)NC1CCC(n2cc(-c3ccncn3)cn2)CC1. The number of nitrogens with one attached hydrogen (secondary N) is 2. The van der Waals surface area contributed by atoms with Crippen molar-refractivity contribution >= 4 is 11.6 Å². The minimum atomic E-state index is -0.293. The van der Waals surface area contributed by atoms with Crippen molar-refractivity contribution in [1.29, 1.82) is 0 Å². The highest BCUT2D eigenvalue weighted by atomic mass is 19.1. The number of amides is 1. The van der Waals surface area contributed by atoms with Crippen molar-refractivity contribution in [2.45, 2.75) is 37.8 Å².